The summed E-state index contributed by atoms with van der Waals surface area (Å²) in [6.07, 6.45) is 1.63. The molecule has 3 N–H and O–H groups in total. The third-order valence-corrected chi connectivity index (χ3v) is 4.08. The molecule has 0 aliphatic carbocycles. The van der Waals surface area contributed by atoms with Crippen LogP contribution in [0.5, 0.6) is 5.75 Å². The lowest BCUT2D eigenvalue weighted by molar-refractivity contribution is 0.404. The van der Waals surface area contributed by atoms with Gasteiger partial charge in [0.1, 0.15) is 5.75 Å². The van der Waals surface area contributed by atoms with Gasteiger partial charge in [-0.2, -0.15) is 0 Å². The first-order valence-corrected chi connectivity index (χ1v) is 7.51. The first-order chi connectivity index (χ1) is 9.62. The van der Waals surface area contributed by atoms with Gasteiger partial charge in [-0.15, -0.1) is 11.3 Å². The SMILES string of the molecule is COc1ccc(C)cc1CC(Cc1csc(C)n1)NN. The molecular weight excluding hydrogens is 270 g/mol. The van der Waals surface area contributed by atoms with Gasteiger partial charge in [-0.05, 0) is 31.9 Å². The second kappa shape index (κ2) is 6.83. The van der Waals surface area contributed by atoms with Crippen molar-refractivity contribution in [2.24, 2.45) is 5.84 Å². The van der Waals surface area contributed by atoms with E-state index in [0.717, 1.165) is 29.3 Å². The lowest BCUT2D eigenvalue weighted by atomic mass is 10.00. The molecule has 0 spiro atoms. The van der Waals surface area contributed by atoms with Crippen LogP contribution in [0.4, 0.5) is 0 Å². The Morgan fingerprint density at radius 3 is 2.75 bits per heavy atom. The fourth-order valence-electron chi connectivity index (χ4n) is 2.28. The summed E-state index contributed by atoms with van der Waals surface area (Å²) in [4.78, 5) is 4.49. The molecule has 0 amide bonds. The van der Waals surface area contributed by atoms with Crippen molar-refractivity contribution in [3.63, 3.8) is 0 Å². The number of aromatic nitrogens is 1. The van der Waals surface area contributed by atoms with Crippen LogP contribution in [0.25, 0.3) is 0 Å². The van der Waals surface area contributed by atoms with Crippen molar-refractivity contribution in [1.29, 1.82) is 0 Å². The number of hydrogen-bond donors (Lipinski definition) is 2. The van der Waals surface area contributed by atoms with Crippen molar-refractivity contribution in [1.82, 2.24) is 10.4 Å². The molecule has 2 aromatic rings. The lowest BCUT2D eigenvalue weighted by Crippen LogP contribution is -2.38. The molecule has 4 nitrogen and oxygen atoms in total. The molecule has 5 heteroatoms. The van der Waals surface area contributed by atoms with Crippen LogP contribution in [0.2, 0.25) is 0 Å². The molecule has 1 unspecified atom stereocenters. The number of thiazole rings is 1. The zero-order valence-electron chi connectivity index (χ0n) is 12.1. The van der Waals surface area contributed by atoms with E-state index < -0.39 is 0 Å². The molecule has 0 aliphatic heterocycles. The van der Waals surface area contributed by atoms with Crippen LogP contribution in [-0.2, 0) is 12.8 Å². The standard InChI is InChI=1S/C15H21N3OS/c1-10-4-5-15(19-3)12(6-10)7-13(18-16)8-14-9-20-11(2)17-14/h4-6,9,13,18H,7-8,16H2,1-3H3. The molecule has 0 aliphatic rings. The number of methoxy groups -OCH3 is 1. The van der Waals surface area contributed by atoms with Crippen LogP contribution in [0, 0.1) is 13.8 Å². The summed E-state index contributed by atoms with van der Waals surface area (Å²) >= 11 is 1.67. The molecular formula is C15H21N3OS. The number of nitrogens with two attached hydrogens (primary N) is 1. The highest BCUT2D eigenvalue weighted by molar-refractivity contribution is 7.09. The predicted octanol–water partition coefficient (Wildman–Crippen LogP) is 2.39. The van der Waals surface area contributed by atoms with Gasteiger partial charge in [-0.3, -0.25) is 11.3 Å². The van der Waals surface area contributed by atoms with Crippen molar-refractivity contribution in [2.45, 2.75) is 32.7 Å². The second-order valence-electron chi connectivity index (χ2n) is 4.95. The number of aryl methyl sites for hydroxylation is 2. The smallest absolute Gasteiger partial charge is 0.122 e. The highest BCUT2D eigenvalue weighted by atomic mass is 32.1. The van der Waals surface area contributed by atoms with Gasteiger partial charge in [0.2, 0.25) is 0 Å². The average molecular weight is 291 g/mol. The summed E-state index contributed by atoms with van der Waals surface area (Å²) in [6.45, 7) is 4.10. The van der Waals surface area contributed by atoms with Crippen molar-refractivity contribution in [3.05, 3.63) is 45.4 Å². The molecule has 1 aromatic carbocycles. The van der Waals surface area contributed by atoms with E-state index in [1.807, 2.05) is 13.0 Å². The normalized spacial score (nSPS) is 12.4. The van der Waals surface area contributed by atoms with E-state index in [4.69, 9.17) is 10.6 Å². The molecule has 2 rings (SSSR count). The number of nitrogens with zero attached hydrogens (tertiary/aromatic N) is 1. The summed E-state index contributed by atoms with van der Waals surface area (Å²) in [6, 6.07) is 6.35. The Kier molecular flexibility index (Phi) is 5.11. The number of ether oxygens (including phenoxy) is 1. The Balaban J connectivity index is 2.11. The summed E-state index contributed by atoms with van der Waals surface area (Å²) < 4.78 is 5.42. The fraction of sp³-hybridized carbons (Fsp3) is 0.400. The molecule has 108 valence electrons. The predicted molar refractivity (Wildman–Crippen MR) is 83.1 cm³/mol. The van der Waals surface area contributed by atoms with E-state index in [1.165, 1.54) is 11.1 Å². The maximum atomic E-state index is 5.69. The molecule has 0 fully saturated rings. The lowest BCUT2D eigenvalue weighted by Gasteiger charge is -2.17. The number of benzene rings is 1. The summed E-state index contributed by atoms with van der Waals surface area (Å²) in [5.74, 6) is 6.60. The van der Waals surface area contributed by atoms with Gasteiger partial charge in [-0.25, -0.2) is 4.98 Å². The van der Waals surface area contributed by atoms with E-state index in [-0.39, 0.29) is 6.04 Å². The van der Waals surface area contributed by atoms with E-state index in [0.29, 0.717) is 0 Å². The van der Waals surface area contributed by atoms with E-state index in [2.05, 4.69) is 34.8 Å². The van der Waals surface area contributed by atoms with E-state index in [1.54, 1.807) is 18.4 Å². The highest BCUT2D eigenvalue weighted by Gasteiger charge is 2.14. The third kappa shape index (κ3) is 3.79. The molecule has 0 bridgehead atoms. The van der Waals surface area contributed by atoms with Crippen molar-refractivity contribution in [3.8, 4) is 5.75 Å². The highest BCUT2D eigenvalue weighted by Crippen LogP contribution is 2.22. The fourth-order valence-corrected chi connectivity index (χ4v) is 2.90. The third-order valence-electron chi connectivity index (χ3n) is 3.26. The van der Waals surface area contributed by atoms with Gasteiger partial charge in [0.05, 0.1) is 17.8 Å². The quantitative estimate of drug-likeness (QED) is 0.634. The molecule has 0 radical (unpaired) electrons. The van der Waals surface area contributed by atoms with Crippen LogP contribution in [0.3, 0.4) is 0 Å². The minimum absolute atomic E-state index is 0.146. The van der Waals surface area contributed by atoms with Crippen LogP contribution >= 0.6 is 11.3 Å². The van der Waals surface area contributed by atoms with Gasteiger partial charge >= 0.3 is 0 Å². The van der Waals surface area contributed by atoms with Crippen molar-refractivity contribution in [2.75, 3.05) is 7.11 Å². The van der Waals surface area contributed by atoms with Crippen LogP contribution in [0.15, 0.2) is 23.6 Å². The van der Waals surface area contributed by atoms with Gasteiger partial charge in [0.15, 0.2) is 0 Å². The minimum Gasteiger partial charge on any atom is -0.496 e. The van der Waals surface area contributed by atoms with Gasteiger partial charge in [0.25, 0.3) is 0 Å². The second-order valence-corrected chi connectivity index (χ2v) is 6.01. The largest absolute Gasteiger partial charge is 0.496 e. The maximum absolute atomic E-state index is 5.69. The Hall–Kier alpha value is -1.43. The molecule has 0 saturated carbocycles. The number of hydrazine groups is 1. The Morgan fingerprint density at radius 1 is 1.35 bits per heavy atom. The monoisotopic (exact) mass is 291 g/mol. The maximum Gasteiger partial charge on any atom is 0.122 e. The Bertz CT molecular complexity index is 568. The zero-order chi connectivity index (χ0) is 14.5. The Labute approximate surface area is 124 Å². The molecule has 1 aromatic heterocycles. The van der Waals surface area contributed by atoms with Gasteiger partial charge in [-0.1, -0.05) is 17.7 Å². The molecule has 0 saturated heterocycles. The van der Waals surface area contributed by atoms with Gasteiger partial charge < -0.3 is 4.74 Å². The number of nitrogens with one attached hydrogen (secondary N) is 1. The molecule has 1 heterocycles. The number of hydrogen-bond acceptors (Lipinski definition) is 5. The summed E-state index contributed by atoms with van der Waals surface area (Å²) in [5.41, 5.74) is 6.37. The van der Waals surface area contributed by atoms with E-state index in [9.17, 15) is 0 Å². The first kappa shape index (κ1) is 15.0. The van der Waals surface area contributed by atoms with Gasteiger partial charge in [0, 0.05) is 17.8 Å². The zero-order valence-corrected chi connectivity index (χ0v) is 13.0. The van der Waals surface area contributed by atoms with Crippen molar-refractivity contribution >= 4 is 11.3 Å². The summed E-state index contributed by atoms with van der Waals surface area (Å²) in [7, 11) is 1.70. The van der Waals surface area contributed by atoms with Crippen LogP contribution in [0.1, 0.15) is 21.8 Å². The average Bonchev–Trinajstić information content (AvgIpc) is 2.83. The van der Waals surface area contributed by atoms with E-state index >= 15 is 0 Å². The Morgan fingerprint density at radius 2 is 2.15 bits per heavy atom. The first-order valence-electron chi connectivity index (χ1n) is 6.63. The van der Waals surface area contributed by atoms with Crippen LogP contribution in [-0.4, -0.2) is 18.1 Å². The number of rotatable bonds is 6. The van der Waals surface area contributed by atoms with Crippen LogP contribution < -0.4 is 16.0 Å². The molecule has 1 atom stereocenters. The molecule has 20 heavy (non-hydrogen) atoms. The topological polar surface area (TPSA) is 60.2 Å². The summed E-state index contributed by atoms with van der Waals surface area (Å²) in [5, 5.41) is 3.18. The minimum atomic E-state index is 0.146. The van der Waals surface area contributed by atoms with Crippen molar-refractivity contribution < 1.29 is 4.74 Å².